The van der Waals surface area contributed by atoms with Crippen molar-refractivity contribution < 1.29 is 13.9 Å². The number of aromatic nitrogens is 2. The number of alkyl halides is 1. The SMILES string of the molecule is COc1ccc(C(=O)Nc2ccnc([C@]3(CF)CCSC(N)=N3)c2)nc1. The number of halogens is 1. The molecule has 1 atom stereocenters. The number of nitrogens with zero attached hydrogens (tertiary/aromatic N) is 3. The van der Waals surface area contributed by atoms with Crippen LogP contribution in [0, 0.1) is 0 Å². The minimum Gasteiger partial charge on any atom is -0.495 e. The molecule has 0 bridgehead atoms. The number of hydrogen-bond acceptors (Lipinski definition) is 7. The van der Waals surface area contributed by atoms with Gasteiger partial charge < -0.3 is 15.8 Å². The van der Waals surface area contributed by atoms with Gasteiger partial charge in [0, 0.05) is 17.6 Å². The fourth-order valence-corrected chi connectivity index (χ4v) is 3.46. The number of ether oxygens (including phenoxy) is 1. The molecule has 1 aliphatic rings. The molecule has 1 aliphatic heterocycles. The first kappa shape index (κ1) is 18.1. The van der Waals surface area contributed by atoms with E-state index in [9.17, 15) is 9.18 Å². The number of pyridine rings is 2. The lowest BCUT2D eigenvalue weighted by atomic mass is 9.93. The standard InChI is InChI=1S/C17H18FN5O2S/c1-25-12-2-3-13(21-9-12)15(24)22-11-4-6-20-14(8-11)17(10-18)5-7-26-16(19)23-17/h2-4,6,8-9H,5,7,10H2,1H3,(H2,19,23)(H,20,22,24)/t17-/m1/s1. The molecular formula is C17H18FN5O2S. The number of hydrogen-bond donors (Lipinski definition) is 2. The van der Waals surface area contributed by atoms with Crippen molar-refractivity contribution in [1.29, 1.82) is 0 Å². The van der Waals surface area contributed by atoms with Crippen molar-refractivity contribution in [3.8, 4) is 5.75 Å². The molecule has 2 aromatic heterocycles. The largest absolute Gasteiger partial charge is 0.495 e. The second-order valence-corrected chi connectivity index (χ2v) is 6.80. The molecule has 3 N–H and O–H groups in total. The van der Waals surface area contributed by atoms with Gasteiger partial charge in [-0.15, -0.1) is 0 Å². The molecule has 0 saturated heterocycles. The maximum atomic E-state index is 13.8. The van der Waals surface area contributed by atoms with Crippen LogP contribution in [0.3, 0.4) is 0 Å². The number of anilines is 1. The molecule has 0 unspecified atom stereocenters. The Morgan fingerprint density at radius 2 is 2.27 bits per heavy atom. The summed E-state index contributed by atoms with van der Waals surface area (Å²) in [6.45, 7) is -0.710. The van der Waals surface area contributed by atoms with Gasteiger partial charge in [-0.25, -0.2) is 14.4 Å². The number of amides is 1. The quantitative estimate of drug-likeness (QED) is 0.832. The number of rotatable bonds is 5. The molecule has 0 spiro atoms. The molecule has 7 nitrogen and oxygen atoms in total. The summed E-state index contributed by atoms with van der Waals surface area (Å²) < 4.78 is 18.8. The summed E-state index contributed by atoms with van der Waals surface area (Å²) in [5.74, 6) is 0.831. The summed E-state index contributed by atoms with van der Waals surface area (Å²) in [4.78, 5) is 24.9. The van der Waals surface area contributed by atoms with Gasteiger partial charge in [0.05, 0.1) is 19.0 Å². The van der Waals surface area contributed by atoms with E-state index in [-0.39, 0.29) is 11.6 Å². The van der Waals surface area contributed by atoms with Crippen molar-refractivity contribution in [3.05, 3.63) is 48.0 Å². The van der Waals surface area contributed by atoms with Crippen LogP contribution in [0.5, 0.6) is 5.75 Å². The first-order valence-electron chi connectivity index (χ1n) is 7.88. The average Bonchev–Trinajstić information content (AvgIpc) is 2.68. The number of methoxy groups -OCH3 is 1. The second kappa shape index (κ2) is 7.69. The Morgan fingerprint density at radius 3 is 2.92 bits per heavy atom. The normalized spacial score (nSPS) is 19.5. The molecule has 3 rings (SSSR count). The van der Waals surface area contributed by atoms with E-state index < -0.39 is 12.2 Å². The van der Waals surface area contributed by atoms with Crippen LogP contribution in [0.2, 0.25) is 0 Å². The number of carbonyl (C=O) groups is 1. The van der Waals surface area contributed by atoms with Crippen molar-refractivity contribution >= 4 is 28.5 Å². The van der Waals surface area contributed by atoms with E-state index in [2.05, 4.69) is 20.3 Å². The van der Waals surface area contributed by atoms with E-state index in [1.807, 2.05) is 0 Å². The maximum Gasteiger partial charge on any atom is 0.274 e. The lowest BCUT2D eigenvalue weighted by Crippen LogP contribution is -2.34. The molecule has 0 aliphatic carbocycles. The van der Waals surface area contributed by atoms with Gasteiger partial charge in [0.1, 0.15) is 23.7 Å². The Kier molecular flexibility index (Phi) is 5.36. The lowest BCUT2D eigenvalue weighted by Gasteiger charge is -2.30. The Labute approximate surface area is 154 Å². The summed E-state index contributed by atoms with van der Waals surface area (Å²) in [5, 5.41) is 3.08. The first-order valence-corrected chi connectivity index (χ1v) is 8.87. The fraction of sp³-hybridized carbons (Fsp3) is 0.294. The number of carbonyl (C=O) groups excluding carboxylic acids is 1. The molecule has 9 heteroatoms. The third-order valence-corrected chi connectivity index (χ3v) is 4.81. The van der Waals surface area contributed by atoms with Gasteiger partial charge in [-0.1, -0.05) is 11.8 Å². The van der Waals surface area contributed by atoms with Crippen molar-refractivity contribution in [2.45, 2.75) is 12.0 Å². The van der Waals surface area contributed by atoms with Gasteiger partial charge in [-0.2, -0.15) is 0 Å². The van der Waals surface area contributed by atoms with Crippen LogP contribution >= 0.6 is 11.8 Å². The number of thioether (sulfide) groups is 1. The van der Waals surface area contributed by atoms with E-state index in [0.717, 1.165) is 0 Å². The number of nitrogens with two attached hydrogens (primary N) is 1. The zero-order valence-corrected chi connectivity index (χ0v) is 14.9. The number of nitrogens with one attached hydrogen (secondary N) is 1. The van der Waals surface area contributed by atoms with Crippen LogP contribution < -0.4 is 15.8 Å². The molecule has 0 fully saturated rings. The highest BCUT2D eigenvalue weighted by Gasteiger charge is 2.36. The smallest absolute Gasteiger partial charge is 0.274 e. The zero-order chi connectivity index (χ0) is 18.6. The number of aliphatic imine (C=N–C) groups is 1. The minimum absolute atomic E-state index is 0.237. The summed E-state index contributed by atoms with van der Waals surface area (Å²) in [6.07, 6.45) is 3.46. The van der Waals surface area contributed by atoms with Crippen molar-refractivity contribution in [2.75, 3.05) is 24.9 Å². The molecule has 3 heterocycles. The van der Waals surface area contributed by atoms with Crippen LogP contribution in [-0.4, -0.2) is 40.6 Å². The third kappa shape index (κ3) is 3.77. The molecule has 2 aromatic rings. The van der Waals surface area contributed by atoms with Gasteiger partial charge in [0.25, 0.3) is 5.91 Å². The average molecular weight is 375 g/mol. The predicted molar refractivity (Wildman–Crippen MR) is 99.3 cm³/mol. The monoisotopic (exact) mass is 375 g/mol. The van der Waals surface area contributed by atoms with Gasteiger partial charge in [0.15, 0.2) is 5.17 Å². The summed E-state index contributed by atoms with van der Waals surface area (Å²) >= 11 is 1.39. The Bertz CT molecular complexity index is 830. The molecular weight excluding hydrogens is 357 g/mol. The second-order valence-electron chi connectivity index (χ2n) is 5.68. The lowest BCUT2D eigenvalue weighted by molar-refractivity contribution is 0.102. The van der Waals surface area contributed by atoms with Crippen LogP contribution in [-0.2, 0) is 5.54 Å². The first-order chi connectivity index (χ1) is 12.6. The van der Waals surface area contributed by atoms with Gasteiger partial charge in [-0.05, 0) is 30.7 Å². The predicted octanol–water partition coefficient (Wildman–Crippen LogP) is 2.35. The van der Waals surface area contributed by atoms with Gasteiger partial charge in [0.2, 0.25) is 0 Å². The highest BCUT2D eigenvalue weighted by molar-refractivity contribution is 8.13. The zero-order valence-electron chi connectivity index (χ0n) is 14.1. The van der Waals surface area contributed by atoms with Crippen LogP contribution in [0.25, 0.3) is 0 Å². The summed E-state index contributed by atoms with van der Waals surface area (Å²) in [6, 6.07) is 6.45. The summed E-state index contributed by atoms with van der Waals surface area (Å²) in [5.41, 5.74) is 5.82. The van der Waals surface area contributed by atoms with E-state index in [4.69, 9.17) is 10.5 Å². The maximum absolute atomic E-state index is 13.8. The van der Waals surface area contributed by atoms with E-state index in [1.165, 1.54) is 31.3 Å². The van der Waals surface area contributed by atoms with Crippen molar-refractivity contribution in [1.82, 2.24) is 9.97 Å². The Hall–Kier alpha value is -2.68. The van der Waals surface area contributed by atoms with E-state index in [1.54, 1.807) is 24.3 Å². The van der Waals surface area contributed by atoms with Crippen LogP contribution in [0.15, 0.2) is 41.7 Å². The summed E-state index contributed by atoms with van der Waals surface area (Å²) in [7, 11) is 1.52. The molecule has 0 saturated carbocycles. The highest BCUT2D eigenvalue weighted by Crippen LogP contribution is 2.35. The van der Waals surface area contributed by atoms with Gasteiger partial charge in [-0.3, -0.25) is 9.78 Å². The molecule has 1 amide bonds. The van der Waals surface area contributed by atoms with Crippen molar-refractivity contribution in [3.63, 3.8) is 0 Å². The molecule has 136 valence electrons. The molecule has 0 radical (unpaired) electrons. The highest BCUT2D eigenvalue weighted by atomic mass is 32.2. The topological polar surface area (TPSA) is 102 Å². The van der Waals surface area contributed by atoms with Crippen LogP contribution in [0.4, 0.5) is 10.1 Å². The Balaban J connectivity index is 1.82. The van der Waals surface area contributed by atoms with Crippen molar-refractivity contribution in [2.24, 2.45) is 10.7 Å². The Morgan fingerprint density at radius 1 is 1.42 bits per heavy atom. The third-order valence-electron chi connectivity index (χ3n) is 4.01. The number of amidine groups is 1. The fourth-order valence-electron chi connectivity index (χ4n) is 2.57. The molecule has 0 aromatic carbocycles. The van der Waals surface area contributed by atoms with Crippen LogP contribution in [0.1, 0.15) is 22.6 Å². The van der Waals surface area contributed by atoms with E-state index in [0.29, 0.717) is 34.5 Å². The van der Waals surface area contributed by atoms with E-state index >= 15 is 0 Å². The minimum atomic E-state index is -1.10. The van der Waals surface area contributed by atoms with Gasteiger partial charge >= 0.3 is 0 Å². The molecule has 26 heavy (non-hydrogen) atoms.